The minimum atomic E-state index is -1.30. The standard InChI is InChI=1S/C55H62N4O16/c1-30-11-16-36(17-12-30)72-45-29-69-27-40(59-53(63)47-49(61)43(67-6)22-24-57-47)55(65)71-33(4)51(45)75-41-20-13-31(2)25-38(41)34-14-18-37(19-15-34)73-44-28-68-26-39(58-52(62)46-48(60)42(66-5)21-23-56-46)54(64)70-32(3)50(44)74-35-9-7-8-10-35/h11-25,32-33,35,39-40,44-45,50-51,60-61H,7-10,26-29H2,1-6H3,(H,58,62)(H,59,63). The Morgan fingerprint density at radius 1 is 0.600 bits per heavy atom. The summed E-state index contributed by atoms with van der Waals surface area (Å²) in [5, 5.41) is 26.3. The van der Waals surface area contributed by atoms with Crippen LogP contribution in [0.2, 0.25) is 0 Å². The Morgan fingerprint density at radius 3 is 1.60 bits per heavy atom. The fraction of sp³-hybridized carbons (Fsp3) is 0.418. The molecule has 3 fully saturated rings. The average Bonchev–Trinajstić information content (AvgIpc) is 3.94. The molecule has 0 radical (unpaired) electrons. The maximum absolute atomic E-state index is 13.8. The number of nitrogens with zero attached hydrogens (tertiary/aromatic N) is 2. The van der Waals surface area contributed by atoms with Gasteiger partial charge < -0.3 is 68.2 Å². The summed E-state index contributed by atoms with van der Waals surface area (Å²) in [5.74, 6) is -2.74. The lowest BCUT2D eigenvalue weighted by molar-refractivity contribution is -0.167. The van der Waals surface area contributed by atoms with E-state index in [1.54, 1.807) is 26.0 Å². The fourth-order valence-corrected chi connectivity index (χ4v) is 9.01. The smallest absolute Gasteiger partial charge is 0.331 e. The van der Waals surface area contributed by atoms with Crippen molar-refractivity contribution in [3.8, 4) is 51.4 Å². The van der Waals surface area contributed by atoms with Crippen molar-refractivity contribution in [2.45, 2.75) is 108 Å². The van der Waals surface area contributed by atoms with Crippen molar-refractivity contribution >= 4 is 23.8 Å². The van der Waals surface area contributed by atoms with Gasteiger partial charge in [-0.1, -0.05) is 54.3 Å². The molecule has 1 aliphatic carbocycles. The molecule has 3 aliphatic rings. The van der Waals surface area contributed by atoms with E-state index in [0.29, 0.717) is 22.8 Å². The highest BCUT2D eigenvalue weighted by molar-refractivity contribution is 5.98. The number of aromatic nitrogens is 2. The number of esters is 2. The molecule has 20 heteroatoms. The van der Waals surface area contributed by atoms with E-state index in [1.165, 1.54) is 38.7 Å². The van der Waals surface area contributed by atoms with Crippen LogP contribution in [0.25, 0.3) is 11.1 Å². The number of amides is 2. The minimum absolute atomic E-state index is 0.0278. The molecule has 20 nitrogen and oxygen atoms in total. The highest BCUT2D eigenvalue weighted by Gasteiger charge is 2.41. The Labute approximate surface area is 433 Å². The fourth-order valence-electron chi connectivity index (χ4n) is 9.01. The summed E-state index contributed by atoms with van der Waals surface area (Å²) in [6, 6.07) is 20.7. The Hall–Kier alpha value is -7.68. The topological polar surface area (TPSA) is 251 Å². The zero-order chi connectivity index (χ0) is 53.2. The molecule has 398 valence electrons. The second kappa shape index (κ2) is 24.6. The predicted molar refractivity (Wildman–Crippen MR) is 268 cm³/mol. The number of nitrogens with one attached hydrogen (secondary N) is 2. The van der Waals surface area contributed by atoms with Gasteiger partial charge in [0, 0.05) is 30.1 Å². The van der Waals surface area contributed by atoms with Crippen molar-refractivity contribution in [1.82, 2.24) is 20.6 Å². The van der Waals surface area contributed by atoms with E-state index >= 15 is 0 Å². The van der Waals surface area contributed by atoms with Crippen LogP contribution in [0, 0.1) is 13.8 Å². The molecule has 3 aromatic carbocycles. The number of pyridine rings is 2. The van der Waals surface area contributed by atoms with Gasteiger partial charge in [0.2, 0.25) is 0 Å². The lowest BCUT2D eigenvalue weighted by Crippen LogP contribution is -2.48. The molecular weight excluding hydrogens is 973 g/mol. The molecule has 0 spiro atoms. The summed E-state index contributed by atoms with van der Waals surface area (Å²) in [6.07, 6.45) is 1.00. The first-order chi connectivity index (χ1) is 36.2. The Morgan fingerprint density at radius 2 is 1.08 bits per heavy atom. The molecule has 2 aromatic heterocycles. The number of carbonyl (C=O) groups is 4. The van der Waals surface area contributed by atoms with Crippen LogP contribution in [0.5, 0.6) is 40.2 Å². The molecule has 75 heavy (non-hydrogen) atoms. The minimum Gasteiger partial charge on any atom is -0.503 e. The molecule has 0 bridgehead atoms. The maximum Gasteiger partial charge on any atom is 0.331 e. The van der Waals surface area contributed by atoms with Crippen LogP contribution in [-0.2, 0) is 33.3 Å². The van der Waals surface area contributed by atoms with Gasteiger partial charge in [-0.2, -0.15) is 0 Å². The van der Waals surface area contributed by atoms with E-state index in [0.717, 1.165) is 42.4 Å². The molecule has 2 aliphatic heterocycles. The van der Waals surface area contributed by atoms with E-state index in [-0.39, 0.29) is 55.4 Å². The lowest BCUT2D eigenvalue weighted by atomic mass is 10.0. The van der Waals surface area contributed by atoms with Crippen LogP contribution in [-0.4, -0.2) is 139 Å². The zero-order valence-electron chi connectivity index (χ0n) is 42.5. The van der Waals surface area contributed by atoms with Crippen LogP contribution in [0.15, 0.2) is 91.3 Å². The number of aromatic hydroxyl groups is 2. The van der Waals surface area contributed by atoms with Crippen LogP contribution in [0.4, 0.5) is 0 Å². The van der Waals surface area contributed by atoms with Crippen LogP contribution < -0.4 is 34.3 Å². The van der Waals surface area contributed by atoms with E-state index in [4.69, 9.17) is 47.4 Å². The summed E-state index contributed by atoms with van der Waals surface area (Å²) < 4.78 is 61.0. The van der Waals surface area contributed by atoms with Crippen LogP contribution >= 0.6 is 0 Å². The molecule has 2 saturated heterocycles. The normalized spacial score (nSPS) is 23.5. The van der Waals surface area contributed by atoms with Gasteiger partial charge >= 0.3 is 11.9 Å². The summed E-state index contributed by atoms with van der Waals surface area (Å²) >= 11 is 0. The van der Waals surface area contributed by atoms with E-state index in [9.17, 15) is 29.4 Å². The molecule has 5 aromatic rings. The molecule has 8 atom stereocenters. The van der Waals surface area contributed by atoms with Crippen LogP contribution in [0.3, 0.4) is 0 Å². The molecule has 1 saturated carbocycles. The number of cyclic esters (lactones) is 2. The van der Waals surface area contributed by atoms with Gasteiger partial charge in [-0.15, -0.1) is 0 Å². The van der Waals surface area contributed by atoms with Crippen molar-refractivity contribution in [1.29, 1.82) is 0 Å². The predicted octanol–water partition coefficient (Wildman–Crippen LogP) is 5.98. The average molecular weight is 1040 g/mol. The number of methoxy groups -OCH3 is 2. The molecule has 4 N–H and O–H groups in total. The third kappa shape index (κ3) is 13.2. The SMILES string of the molecule is COc1ccnc(C(=O)NC2COCC(Oc3ccc(C)cc3)C(Oc3ccc(C)cc3-c3ccc(OC4COCC(NC(=O)c5nccc(OC)c5O)C(=O)OC(C)C4OC4CCCC4)cc3)C(C)OC2=O)c1O. The van der Waals surface area contributed by atoms with Crippen molar-refractivity contribution in [3.63, 3.8) is 0 Å². The first-order valence-corrected chi connectivity index (χ1v) is 24.7. The van der Waals surface area contributed by atoms with E-state index < -0.39 is 84.0 Å². The number of hydrogen-bond donors (Lipinski definition) is 4. The summed E-state index contributed by atoms with van der Waals surface area (Å²) in [7, 11) is 2.68. The van der Waals surface area contributed by atoms with Gasteiger partial charge in [0.25, 0.3) is 11.8 Å². The number of hydrogen-bond acceptors (Lipinski definition) is 18. The van der Waals surface area contributed by atoms with Gasteiger partial charge in [-0.25, -0.2) is 19.6 Å². The number of benzene rings is 3. The van der Waals surface area contributed by atoms with Gasteiger partial charge in [0.15, 0.2) is 64.8 Å². The zero-order valence-corrected chi connectivity index (χ0v) is 42.5. The molecule has 8 unspecified atom stereocenters. The second-order valence-electron chi connectivity index (χ2n) is 18.6. The highest BCUT2D eigenvalue weighted by atomic mass is 16.6. The van der Waals surface area contributed by atoms with Gasteiger partial charge in [0.1, 0.15) is 35.6 Å². The third-order valence-electron chi connectivity index (χ3n) is 13.0. The van der Waals surface area contributed by atoms with Crippen LogP contribution in [0.1, 0.15) is 71.6 Å². The number of aryl methyl sites for hydroxylation is 2. The number of ether oxygens (including phenoxy) is 10. The van der Waals surface area contributed by atoms with Crippen molar-refractivity contribution in [2.24, 2.45) is 0 Å². The highest BCUT2D eigenvalue weighted by Crippen LogP contribution is 2.36. The van der Waals surface area contributed by atoms with Crippen molar-refractivity contribution in [3.05, 3.63) is 114 Å². The van der Waals surface area contributed by atoms with Gasteiger partial charge in [0.05, 0.1) is 46.8 Å². The van der Waals surface area contributed by atoms with Gasteiger partial charge in [-0.05, 0) is 82.5 Å². The molecule has 2 amide bonds. The Bertz CT molecular complexity index is 2790. The molecular formula is C55H62N4O16. The van der Waals surface area contributed by atoms with Crippen molar-refractivity contribution < 1.29 is 76.8 Å². The summed E-state index contributed by atoms with van der Waals surface area (Å²) in [6.45, 7) is 6.58. The Balaban J connectivity index is 1.02. The molecule has 4 heterocycles. The maximum atomic E-state index is 13.8. The first kappa shape index (κ1) is 53.6. The summed E-state index contributed by atoms with van der Waals surface area (Å²) in [4.78, 5) is 62.0. The van der Waals surface area contributed by atoms with Gasteiger partial charge in [-0.3, -0.25) is 9.59 Å². The summed E-state index contributed by atoms with van der Waals surface area (Å²) in [5.41, 5.74) is 2.72. The second-order valence-corrected chi connectivity index (χ2v) is 18.6. The first-order valence-electron chi connectivity index (χ1n) is 24.7. The molecule has 8 rings (SSSR count). The number of carbonyl (C=O) groups excluding carboxylic acids is 4. The third-order valence-corrected chi connectivity index (χ3v) is 13.0. The largest absolute Gasteiger partial charge is 0.503 e. The quantitative estimate of drug-likeness (QED) is 0.0880. The number of rotatable bonds is 15. The lowest BCUT2D eigenvalue weighted by Gasteiger charge is -2.33. The monoisotopic (exact) mass is 1030 g/mol. The van der Waals surface area contributed by atoms with E-state index in [2.05, 4.69) is 20.6 Å². The Kier molecular flexibility index (Phi) is 17.6. The van der Waals surface area contributed by atoms with E-state index in [1.807, 2.05) is 68.4 Å². The van der Waals surface area contributed by atoms with Crippen molar-refractivity contribution in [2.75, 3.05) is 40.6 Å².